The van der Waals surface area contributed by atoms with Gasteiger partial charge in [0.05, 0.1) is 19.4 Å². The fraction of sp³-hybridized carbons (Fsp3) is 0.897. The highest BCUT2D eigenvalue weighted by atomic mass is 19.1. The Hall–Kier alpha value is -1.51. The van der Waals surface area contributed by atoms with Crippen LogP contribution in [0, 0.1) is 5.92 Å². The quantitative estimate of drug-likeness (QED) is 0.423. The Bertz CT molecular complexity index is 874. The van der Waals surface area contributed by atoms with Crippen molar-refractivity contribution < 1.29 is 13.9 Å². The third-order valence-electron chi connectivity index (χ3n) is 10.5. The molecule has 6 aliphatic heterocycles. The summed E-state index contributed by atoms with van der Waals surface area (Å²) in [6.07, 6.45) is 13.5. The Labute approximate surface area is 312 Å². The van der Waals surface area contributed by atoms with Gasteiger partial charge in [0.15, 0.2) is 0 Å². The smallest absolute Gasteiger partial charge is 0.147 e. The van der Waals surface area contributed by atoms with E-state index in [1.807, 2.05) is 13.2 Å². The van der Waals surface area contributed by atoms with Gasteiger partial charge in [-0.05, 0) is 107 Å². The number of alkyl halides is 1. The molecule has 0 aromatic carbocycles. The predicted molar refractivity (Wildman–Crippen MR) is 212 cm³/mol. The molecule has 0 aliphatic carbocycles. The van der Waals surface area contributed by atoms with E-state index in [9.17, 15) is 4.39 Å². The minimum atomic E-state index is -0.882. The molecule has 7 rings (SSSR count). The maximum atomic E-state index is 13.0. The topological polar surface area (TPSA) is 66.9 Å². The van der Waals surface area contributed by atoms with Gasteiger partial charge in [0, 0.05) is 104 Å². The molecule has 0 amide bonds. The van der Waals surface area contributed by atoms with Crippen LogP contribution in [0.15, 0.2) is 18.6 Å². The first-order chi connectivity index (χ1) is 24.4. The van der Waals surface area contributed by atoms with Crippen molar-refractivity contribution >= 4 is 5.82 Å². The molecule has 1 aromatic heterocycles. The molecule has 6 aliphatic rings. The van der Waals surface area contributed by atoms with E-state index in [0.717, 1.165) is 90.5 Å². The third kappa shape index (κ3) is 23.7. The van der Waals surface area contributed by atoms with Crippen molar-refractivity contribution in [2.75, 3.05) is 165 Å². The summed E-state index contributed by atoms with van der Waals surface area (Å²) in [7, 11) is 12.8. The molecule has 0 spiro atoms. The normalized spacial score (nSPS) is 24.4. The average Bonchev–Trinajstić information content (AvgIpc) is 3.14. The lowest BCUT2D eigenvalue weighted by Crippen LogP contribution is -2.44. The Kier molecular flexibility index (Phi) is 24.3. The lowest BCUT2D eigenvalue weighted by molar-refractivity contribution is 0.0503. The summed E-state index contributed by atoms with van der Waals surface area (Å²) in [4.78, 5) is 24.5. The number of morpholine rings is 1. The fourth-order valence-electron chi connectivity index (χ4n) is 6.00. The zero-order valence-corrected chi connectivity index (χ0v) is 34.2. The number of piperidine rings is 2. The summed E-state index contributed by atoms with van der Waals surface area (Å²) in [5.41, 5.74) is -0.882. The molecule has 6 saturated heterocycles. The van der Waals surface area contributed by atoms with Gasteiger partial charge in [0.25, 0.3) is 0 Å². The van der Waals surface area contributed by atoms with Crippen LogP contribution in [-0.2, 0) is 9.47 Å². The Morgan fingerprint density at radius 2 is 1.00 bits per heavy atom. The SMILES string of the molecule is CC1CCOCC1.CN1CCC(C)(F)CC1.CN1CCCCC1.CN1CCN(C)CC1.CN1CCN(c2cnccn2)CC1.CN1CCOCC1. The monoisotopic (exact) mass is 724 g/mol. The molecule has 7 heterocycles. The average molecular weight is 724 g/mol. The molecule has 0 N–H and O–H groups in total. The molecule has 0 saturated carbocycles. The minimum Gasteiger partial charge on any atom is -0.381 e. The fourth-order valence-corrected chi connectivity index (χ4v) is 6.00. The van der Waals surface area contributed by atoms with Gasteiger partial charge in [-0.2, -0.15) is 0 Å². The number of ether oxygens (including phenoxy) is 2. The van der Waals surface area contributed by atoms with Gasteiger partial charge < -0.3 is 43.8 Å². The number of hydrogen-bond acceptors (Lipinski definition) is 11. The number of aromatic nitrogens is 2. The van der Waals surface area contributed by atoms with Gasteiger partial charge in [0.2, 0.25) is 0 Å². The number of nitrogens with zero attached hydrogens (tertiary/aromatic N) is 9. The Balaban J connectivity index is 0.000000216. The van der Waals surface area contributed by atoms with Crippen LogP contribution in [0.4, 0.5) is 10.2 Å². The van der Waals surface area contributed by atoms with Gasteiger partial charge >= 0.3 is 0 Å². The van der Waals surface area contributed by atoms with Gasteiger partial charge in [-0.3, -0.25) is 4.98 Å². The molecular formula is C39H78FN9O2. The standard InChI is InChI=1S/C9H14N4.C7H14FN.C6H14N2.C6H13N.C6H12O.C5H11NO/c1-12-4-6-13(7-5-12)9-8-10-2-3-11-9;1-7(8)3-5-9(2)6-4-7;1-7-3-5-8(2)6-4-7;1-7-5-3-2-4-6-7;2*1-6-2-4-7-5-3-6/h2-3,8H,4-7H2,1H3;3-6H2,1-2H3;3-6H2,1-2H3;2-6H2,1H3;6H,2-5H2,1H3;2-5H2,1H3. The van der Waals surface area contributed by atoms with Crippen LogP contribution in [-0.4, -0.2) is 205 Å². The molecule has 0 radical (unpaired) electrons. The molecule has 0 bridgehead atoms. The summed E-state index contributed by atoms with van der Waals surface area (Å²) >= 11 is 0. The lowest BCUT2D eigenvalue weighted by Gasteiger charge is -2.32. The molecule has 298 valence electrons. The van der Waals surface area contributed by atoms with Gasteiger partial charge in [0.1, 0.15) is 11.5 Å². The molecule has 0 unspecified atom stereocenters. The van der Waals surface area contributed by atoms with E-state index in [1.54, 1.807) is 19.3 Å². The van der Waals surface area contributed by atoms with Crippen molar-refractivity contribution in [2.45, 2.75) is 64.5 Å². The van der Waals surface area contributed by atoms with Crippen molar-refractivity contribution in [1.29, 1.82) is 0 Å². The molecule has 1 aromatic rings. The molecule has 6 fully saturated rings. The summed E-state index contributed by atoms with van der Waals surface area (Å²) in [6.45, 7) is 23.7. The first kappa shape index (κ1) is 45.6. The number of halogens is 1. The number of piperazine rings is 2. The molecule has 0 atom stereocenters. The van der Waals surface area contributed by atoms with E-state index in [0.29, 0.717) is 12.8 Å². The highest BCUT2D eigenvalue weighted by molar-refractivity contribution is 5.35. The summed E-state index contributed by atoms with van der Waals surface area (Å²) < 4.78 is 23.3. The van der Waals surface area contributed by atoms with E-state index in [4.69, 9.17) is 9.47 Å². The van der Waals surface area contributed by atoms with Crippen LogP contribution in [0.5, 0.6) is 0 Å². The molecule has 51 heavy (non-hydrogen) atoms. The van der Waals surface area contributed by atoms with Crippen molar-refractivity contribution in [3.8, 4) is 0 Å². The summed E-state index contributed by atoms with van der Waals surface area (Å²) in [5, 5.41) is 0. The van der Waals surface area contributed by atoms with Gasteiger partial charge in [-0.1, -0.05) is 13.3 Å². The van der Waals surface area contributed by atoms with Crippen LogP contribution in [0.1, 0.15) is 58.8 Å². The van der Waals surface area contributed by atoms with Crippen molar-refractivity contribution in [1.82, 2.24) is 39.4 Å². The number of rotatable bonds is 1. The maximum Gasteiger partial charge on any atom is 0.147 e. The van der Waals surface area contributed by atoms with Crippen LogP contribution in [0.3, 0.4) is 0 Å². The second-order valence-corrected chi connectivity index (χ2v) is 15.8. The van der Waals surface area contributed by atoms with Crippen molar-refractivity contribution in [3.05, 3.63) is 18.6 Å². The molecule has 12 heteroatoms. The zero-order valence-electron chi connectivity index (χ0n) is 34.2. The summed E-state index contributed by atoms with van der Waals surface area (Å²) in [6, 6.07) is 0. The third-order valence-corrected chi connectivity index (χ3v) is 10.5. The molecule has 11 nitrogen and oxygen atoms in total. The largest absolute Gasteiger partial charge is 0.381 e. The summed E-state index contributed by atoms with van der Waals surface area (Å²) in [5.74, 6) is 1.91. The van der Waals surface area contributed by atoms with E-state index >= 15 is 0 Å². The van der Waals surface area contributed by atoms with Crippen molar-refractivity contribution in [2.24, 2.45) is 5.92 Å². The van der Waals surface area contributed by atoms with E-state index in [-0.39, 0.29) is 0 Å². The van der Waals surface area contributed by atoms with E-state index in [1.165, 1.54) is 71.4 Å². The van der Waals surface area contributed by atoms with Crippen LogP contribution in [0.25, 0.3) is 0 Å². The second-order valence-electron chi connectivity index (χ2n) is 15.8. The maximum absolute atomic E-state index is 13.0. The number of anilines is 1. The van der Waals surface area contributed by atoms with Gasteiger partial charge in [-0.25, -0.2) is 9.37 Å². The van der Waals surface area contributed by atoms with E-state index in [2.05, 4.69) is 86.4 Å². The number of hydrogen-bond donors (Lipinski definition) is 0. The van der Waals surface area contributed by atoms with Crippen LogP contribution >= 0.6 is 0 Å². The number of likely N-dealkylation sites (N-methyl/N-ethyl adjacent to an activating group) is 4. The molecular weight excluding hydrogens is 645 g/mol. The lowest BCUT2D eigenvalue weighted by atomic mass is 9.96. The highest BCUT2D eigenvalue weighted by Crippen LogP contribution is 2.24. The predicted octanol–water partition coefficient (Wildman–Crippen LogP) is 4.02. The number of likely N-dealkylation sites (tertiary alicyclic amines) is 2. The first-order valence-electron chi connectivity index (χ1n) is 19.9. The van der Waals surface area contributed by atoms with E-state index < -0.39 is 5.67 Å². The Morgan fingerprint density at radius 1 is 0.569 bits per heavy atom. The highest BCUT2D eigenvalue weighted by Gasteiger charge is 2.27. The minimum absolute atomic E-state index is 0.698. The van der Waals surface area contributed by atoms with Crippen molar-refractivity contribution in [3.63, 3.8) is 0 Å². The Morgan fingerprint density at radius 3 is 1.35 bits per heavy atom. The van der Waals surface area contributed by atoms with Crippen LogP contribution in [0.2, 0.25) is 0 Å². The second kappa shape index (κ2) is 27.1. The van der Waals surface area contributed by atoms with Crippen LogP contribution < -0.4 is 4.90 Å². The first-order valence-corrected chi connectivity index (χ1v) is 19.9. The van der Waals surface area contributed by atoms with Gasteiger partial charge in [-0.15, -0.1) is 0 Å². The zero-order chi connectivity index (χ0) is 37.3.